The summed E-state index contributed by atoms with van der Waals surface area (Å²) in [5, 5.41) is 12.0. The predicted molar refractivity (Wildman–Crippen MR) is 124 cm³/mol. The van der Waals surface area contributed by atoms with E-state index in [1.165, 1.54) is 4.90 Å². The van der Waals surface area contributed by atoms with Gasteiger partial charge < -0.3 is 19.5 Å². The molecular formula is C26H22ClNO5. The number of benzene rings is 3. The topological polar surface area (TPSA) is 76.1 Å². The number of ether oxygens (including phenoxy) is 2. The highest BCUT2D eigenvalue weighted by Crippen LogP contribution is 2.45. The molecule has 0 unspecified atom stereocenters. The Morgan fingerprint density at radius 3 is 2.52 bits per heavy atom. The first-order valence-corrected chi connectivity index (χ1v) is 11.1. The molecule has 0 aliphatic carbocycles. The van der Waals surface area contributed by atoms with E-state index in [1.807, 2.05) is 31.2 Å². The van der Waals surface area contributed by atoms with E-state index in [-0.39, 0.29) is 12.3 Å². The zero-order valence-electron chi connectivity index (χ0n) is 18.0. The fourth-order valence-corrected chi connectivity index (χ4v) is 4.45. The van der Waals surface area contributed by atoms with E-state index in [0.29, 0.717) is 46.5 Å². The van der Waals surface area contributed by atoms with Crippen LogP contribution in [0.15, 0.2) is 60.7 Å². The fraction of sp³-hybridized carbons (Fsp3) is 0.231. The first-order valence-electron chi connectivity index (χ1n) is 10.7. The minimum absolute atomic E-state index is 0.272. The van der Waals surface area contributed by atoms with Gasteiger partial charge in [-0.05, 0) is 48.9 Å². The van der Waals surface area contributed by atoms with Crippen molar-refractivity contribution in [1.82, 2.24) is 0 Å². The predicted octanol–water partition coefficient (Wildman–Crippen LogP) is 4.43. The molecule has 1 amide bonds. The van der Waals surface area contributed by atoms with Gasteiger partial charge >= 0.3 is 0 Å². The lowest BCUT2D eigenvalue weighted by atomic mass is 9.88. The van der Waals surface area contributed by atoms with E-state index in [9.17, 15) is 14.7 Å². The zero-order valence-corrected chi connectivity index (χ0v) is 18.8. The summed E-state index contributed by atoms with van der Waals surface area (Å²) in [4.78, 5) is 28.2. The second-order valence-corrected chi connectivity index (χ2v) is 8.79. The maximum Gasteiger partial charge on any atom is 0.264 e. The van der Waals surface area contributed by atoms with Gasteiger partial charge in [-0.15, -0.1) is 0 Å². The van der Waals surface area contributed by atoms with Crippen molar-refractivity contribution in [3.63, 3.8) is 0 Å². The average Bonchev–Trinajstić information content (AvgIpc) is 3.01. The van der Waals surface area contributed by atoms with E-state index in [0.717, 1.165) is 11.1 Å². The van der Waals surface area contributed by atoms with Gasteiger partial charge in [-0.25, -0.2) is 0 Å². The van der Waals surface area contributed by atoms with Crippen LogP contribution in [0.3, 0.4) is 0 Å². The monoisotopic (exact) mass is 463 g/mol. The number of ketones is 1. The lowest BCUT2D eigenvalue weighted by Gasteiger charge is -2.23. The molecule has 2 aliphatic heterocycles. The standard InChI is InChI=1S/C26H22ClNO5/c1-16-2-4-17(5-3-16)15-28-21-8-7-19(27)13-20(21)26(31,25(28)30)14-22(29)18-6-9-23-24(12-18)33-11-10-32-23/h2-9,12-13,31H,10-11,14-15H2,1H3/t26-/m0/s1. The minimum atomic E-state index is -2.02. The van der Waals surface area contributed by atoms with Crippen LogP contribution in [0.2, 0.25) is 5.02 Å². The summed E-state index contributed by atoms with van der Waals surface area (Å²) in [6, 6.07) is 17.6. The SMILES string of the molecule is Cc1ccc(CN2C(=O)[C@](O)(CC(=O)c3ccc4c(c3)OCCO4)c3cc(Cl)ccc32)cc1. The summed E-state index contributed by atoms with van der Waals surface area (Å²) in [6.07, 6.45) is -0.413. The zero-order chi connectivity index (χ0) is 23.2. The van der Waals surface area contributed by atoms with Crippen molar-refractivity contribution in [1.29, 1.82) is 0 Å². The molecule has 0 aromatic heterocycles. The minimum Gasteiger partial charge on any atom is -0.486 e. The number of rotatable bonds is 5. The van der Waals surface area contributed by atoms with Gasteiger partial charge in [0.25, 0.3) is 5.91 Å². The third kappa shape index (κ3) is 3.86. The molecule has 0 spiro atoms. The van der Waals surface area contributed by atoms with Crippen molar-refractivity contribution in [2.24, 2.45) is 0 Å². The number of amides is 1. The molecule has 1 N–H and O–H groups in total. The van der Waals surface area contributed by atoms with Gasteiger partial charge in [0.15, 0.2) is 22.9 Å². The fourth-order valence-electron chi connectivity index (χ4n) is 4.28. The van der Waals surface area contributed by atoms with Gasteiger partial charge in [0.2, 0.25) is 0 Å². The molecule has 0 saturated carbocycles. The van der Waals surface area contributed by atoms with Crippen molar-refractivity contribution < 1.29 is 24.2 Å². The van der Waals surface area contributed by atoms with Crippen LogP contribution >= 0.6 is 11.6 Å². The molecule has 168 valence electrons. The van der Waals surface area contributed by atoms with Crippen molar-refractivity contribution in [3.05, 3.63) is 87.9 Å². The molecule has 6 nitrogen and oxygen atoms in total. The molecule has 2 heterocycles. The number of aryl methyl sites for hydroxylation is 1. The summed E-state index contributed by atoms with van der Waals surface area (Å²) in [6.45, 7) is 3.11. The molecule has 5 rings (SSSR count). The highest BCUT2D eigenvalue weighted by molar-refractivity contribution is 6.31. The molecule has 1 atom stereocenters. The number of halogens is 1. The quantitative estimate of drug-likeness (QED) is 0.566. The maximum atomic E-state index is 13.5. The highest BCUT2D eigenvalue weighted by Gasteiger charge is 2.51. The van der Waals surface area contributed by atoms with E-state index >= 15 is 0 Å². The number of anilines is 1. The first-order chi connectivity index (χ1) is 15.8. The summed E-state index contributed by atoms with van der Waals surface area (Å²) >= 11 is 6.20. The van der Waals surface area contributed by atoms with Crippen LogP contribution < -0.4 is 14.4 Å². The van der Waals surface area contributed by atoms with Gasteiger partial charge in [0.1, 0.15) is 13.2 Å². The lowest BCUT2D eigenvalue weighted by molar-refractivity contribution is -0.136. The maximum absolute atomic E-state index is 13.5. The second-order valence-electron chi connectivity index (χ2n) is 8.36. The molecule has 33 heavy (non-hydrogen) atoms. The van der Waals surface area contributed by atoms with Crippen molar-refractivity contribution >= 4 is 29.0 Å². The third-order valence-electron chi connectivity index (χ3n) is 6.04. The number of fused-ring (bicyclic) bond motifs is 2. The average molecular weight is 464 g/mol. The van der Waals surface area contributed by atoms with Crippen LogP contribution in [-0.2, 0) is 16.9 Å². The molecule has 7 heteroatoms. The van der Waals surface area contributed by atoms with E-state index in [1.54, 1.807) is 36.4 Å². The Bertz CT molecular complexity index is 1260. The lowest BCUT2D eigenvalue weighted by Crippen LogP contribution is -2.41. The second kappa shape index (κ2) is 8.21. The summed E-state index contributed by atoms with van der Waals surface area (Å²) in [5.74, 6) is 0.105. The Labute approximate surface area is 196 Å². The Morgan fingerprint density at radius 1 is 1.03 bits per heavy atom. The Balaban J connectivity index is 1.47. The summed E-state index contributed by atoms with van der Waals surface area (Å²) in [7, 11) is 0. The number of aliphatic hydroxyl groups is 1. The highest BCUT2D eigenvalue weighted by atomic mass is 35.5. The molecule has 0 bridgehead atoms. The molecule has 0 radical (unpaired) electrons. The molecule has 0 fully saturated rings. The van der Waals surface area contributed by atoms with Crippen molar-refractivity contribution in [2.45, 2.75) is 25.5 Å². The van der Waals surface area contributed by atoms with Gasteiger partial charge in [0, 0.05) is 16.1 Å². The number of hydrogen-bond donors (Lipinski definition) is 1. The Hall–Kier alpha value is -3.35. The molecule has 0 saturated heterocycles. The van der Waals surface area contributed by atoms with Gasteiger partial charge in [-0.3, -0.25) is 9.59 Å². The van der Waals surface area contributed by atoms with Crippen LogP contribution in [0.4, 0.5) is 5.69 Å². The Kier molecular flexibility index (Phi) is 5.35. The number of carbonyl (C=O) groups excluding carboxylic acids is 2. The van der Waals surface area contributed by atoms with Crippen LogP contribution in [0, 0.1) is 6.92 Å². The van der Waals surface area contributed by atoms with Gasteiger partial charge in [-0.2, -0.15) is 0 Å². The number of Topliss-reactive ketones (excluding diaryl/α,β-unsaturated/α-hetero) is 1. The van der Waals surface area contributed by atoms with Crippen LogP contribution in [-0.4, -0.2) is 30.0 Å². The molecule has 3 aromatic carbocycles. The molecule has 3 aromatic rings. The van der Waals surface area contributed by atoms with E-state index in [4.69, 9.17) is 21.1 Å². The molecular weight excluding hydrogens is 442 g/mol. The third-order valence-corrected chi connectivity index (χ3v) is 6.27. The normalized spacial score (nSPS) is 18.9. The van der Waals surface area contributed by atoms with Crippen LogP contribution in [0.1, 0.15) is 33.5 Å². The number of hydrogen-bond acceptors (Lipinski definition) is 5. The summed E-state index contributed by atoms with van der Waals surface area (Å²) in [5.41, 5.74) is 1.22. The van der Waals surface area contributed by atoms with E-state index < -0.39 is 17.9 Å². The smallest absolute Gasteiger partial charge is 0.264 e. The number of nitrogens with zero attached hydrogens (tertiary/aromatic N) is 1. The Morgan fingerprint density at radius 2 is 1.76 bits per heavy atom. The van der Waals surface area contributed by atoms with Gasteiger partial charge in [0.05, 0.1) is 18.7 Å². The van der Waals surface area contributed by atoms with Gasteiger partial charge in [-0.1, -0.05) is 41.4 Å². The van der Waals surface area contributed by atoms with Crippen molar-refractivity contribution in [2.75, 3.05) is 18.1 Å². The van der Waals surface area contributed by atoms with E-state index in [2.05, 4.69) is 0 Å². The first kappa shape index (κ1) is 21.5. The largest absolute Gasteiger partial charge is 0.486 e. The number of carbonyl (C=O) groups is 2. The molecule has 2 aliphatic rings. The van der Waals surface area contributed by atoms with Crippen LogP contribution in [0.5, 0.6) is 11.5 Å². The summed E-state index contributed by atoms with van der Waals surface area (Å²) < 4.78 is 11.1. The van der Waals surface area contributed by atoms with Crippen LogP contribution in [0.25, 0.3) is 0 Å². The van der Waals surface area contributed by atoms with Crippen molar-refractivity contribution in [3.8, 4) is 11.5 Å².